The van der Waals surface area contributed by atoms with E-state index in [2.05, 4.69) is 18.7 Å². The number of ketones is 1. The van der Waals surface area contributed by atoms with Gasteiger partial charge in [-0.25, -0.2) is 0 Å². The molecule has 226 valence electrons. The fourth-order valence-corrected chi connectivity index (χ4v) is 5.49. The Morgan fingerprint density at radius 2 is 1.70 bits per heavy atom. The summed E-state index contributed by atoms with van der Waals surface area (Å²) in [6.07, 6.45) is 0.685. The molecule has 0 aliphatic carbocycles. The molecule has 2 heterocycles. The molecule has 5 rings (SSSR count). The van der Waals surface area contributed by atoms with Gasteiger partial charge < -0.3 is 24.2 Å². The first kappa shape index (κ1) is 30.3. The Balaban J connectivity index is 1.49. The zero-order valence-corrected chi connectivity index (χ0v) is 25.1. The van der Waals surface area contributed by atoms with Gasteiger partial charge in [0.1, 0.15) is 23.0 Å². The summed E-state index contributed by atoms with van der Waals surface area (Å²) in [5, 5.41) is 11.6. The number of Topliss-reactive ketones (excluding diaryl/α,β-unsaturated/α-hetero) is 1. The Kier molecular flexibility index (Phi) is 9.79. The minimum absolute atomic E-state index is 0.0727. The Hall–Kier alpha value is -4.14. The highest BCUT2D eigenvalue weighted by Gasteiger charge is 2.46. The predicted octanol–water partition coefficient (Wildman–Crippen LogP) is 5.97. The van der Waals surface area contributed by atoms with E-state index in [-0.39, 0.29) is 11.3 Å². The summed E-state index contributed by atoms with van der Waals surface area (Å²) < 4.78 is 17.4. The molecule has 3 aromatic rings. The number of ether oxygens (including phenoxy) is 3. The van der Waals surface area contributed by atoms with Crippen LogP contribution in [0.5, 0.6) is 17.2 Å². The van der Waals surface area contributed by atoms with Crippen LogP contribution in [0.1, 0.15) is 43.0 Å². The molecule has 2 saturated heterocycles. The number of aliphatic hydroxyl groups is 1. The van der Waals surface area contributed by atoms with Crippen LogP contribution in [0.3, 0.4) is 0 Å². The number of hydrogen-bond acceptors (Lipinski definition) is 7. The summed E-state index contributed by atoms with van der Waals surface area (Å²) in [6.45, 7) is 10.9. The molecule has 0 radical (unpaired) electrons. The highest BCUT2D eigenvalue weighted by atomic mass is 16.5. The lowest BCUT2D eigenvalue weighted by Gasteiger charge is -2.29. The van der Waals surface area contributed by atoms with E-state index < -0.39 is 17.7 Å². The number of carbonyl (C=O) groups excluding carboxylic acids is 2. The van der Waals surface area contributed by atoms with Crippen LogP contribution in [0.25, 0.3) is 5.76 Å². The van der Waals surface area contributed by atoms with Crippen LogP contribution < -0.4 is 9.47 Å². The second kappa shape index (κ2) is 13.9. The van der Waals surface area contributed by atoms with Crippen molar-refractivity contribution in [1.29, 1.82) is 0 Å². The van der Waals surface area contributed by atoms with E-state index in [1.807, 2.05) is 61.5 Å². The van der Waals surface area contributed by atoms with E-state index in [4.69, 9.17) is 14.2 Å². The Morgan fingerprint density at radius 1 is 0.953 bits per heavy atom. The zero-order chi connectivity index (χ0) is 30.3. The number of likely N-dealkylation sites (tertiary alicyclic amines) is 1. The van der Waals surface area contributed by atoms with Gasteiger partial charge in [-0.3, -0.25) is 14.5 Å². The van der Waals surface area contributed by atoms with Crippen molar-refractivity contribution in [3.05, 3.63) is 95.1 Å². The van der Waals surface area contributed by atoms with Crippen molar-refractivity contribution in [3.8, 4) is 17.2 Å². The van der Waals surface area contributed by atoms with Gasteiger partial charge in [0.2, 0.25) is 0 Å². The lowest BCUT2D eigenvalue weighted by molar-refractivity contribution is -0.140. The molecule has 1 unspecified atom stereocenters. The quantitative estimate of drug-likeness (QED) is 0.169. The molecule has 8 heteroatoms. The Morgan fingerprint density at radius 3 is 2.42 bits per heavy atom. The third kappa shape index (κ3) is 7.27. The van der Waals surface area contributed by atoms with Gasteiger partial charge in [-0.05, 0) is 72.9 Å². The van der Waals surface area contributed by atoms with Crippen LogP contribution >= 0.6 is 0 Å². The van der Waals surface area contributed by atoms with Crippen molar-refractivity contribution >= 4 is 17.4 Å². The van der Waals surface area contributed by atoms with E-state index in [0.29, 0.717) is 61.3 Å². The number of nitrogens with zero attached hydrogens (tertiary/aromatic N) is 2. The molecular weight excluding hydrogens is 544 g/mol. The van der Waals surface area contributed by atoms with Gasteiger partial charge in [0.15, 0.2) is 0 Å². The smallest absolute Gasteiger partial charge is 0.295 e. The first-order chi connectivity index (χ1) is 20.8. The van der Waals surface area contributed by atoms with Crippen molar-refractivity contribution in [3.63, 3.8) is 0 Å². The molecule has 1 amide bonds. The third-order valence-corrected chi connectivity index (χ3v) is 7.69. The van der Waals surface area contributed by atoms with Gasteiger partial charge in [-0.15, -0.1) is 0 Å². The molecule has 0 saturated carbocycles. The highest BCUT2D eigenvalue weighted by Crippen LogP contribution is 2.41. The minimum atomic E-state index is -0.763. The normalized spacial score (nSPS) is 18.8. The maximum atomic E-state index is 13.6. The summed E-state index contributed by atoms with van der Waals surface area (Å²) in [5.74, 6) is 0.827. The van der Waals surface area contributed by atoms with Gasteiger partial charge in [0.05, 0.1) is 31.4 Å². The predicted molar refractivity (Wildman–Crippen MR) is 165 cm³/mol. The zero-order valence-electron chi connectivity index (χ0n) is 25.1. The van der Waals surface area contributed by atoms with Gasteiger partial charge in [-0.2, -0.15) is 0 Å². The molecule has 0 aromatic heterocycles. The second-order valence-corrected chi connectivity index (χ2v) is 11.5. The number of para-hydroxylation sites is 1. The molecule has 43 heavy (non-hydrogen) atoms. The molecule has 3 aromatic carbocycles. The van der Waals surface area contributed by atoms with Crippen LogP contribution in [0.2, 0.25) is 0 Å². The lowest BCUT2D eigenvalue weighted by Crippen LogP contribution is -2.38. The molecule has 0 spiro atoms. The van der Waals surface area contributed by atoms with E-state index >= 15 is 0 Å². The van der Waals surface area contributed by atoms with Crippen LogP contribution in [0, 0.1) is 12.8 Å². The van der Waals surface area contributed by atoms with Crippen LogP contribution in [-0.4, -0.2) is 72.6 Å². The maximum absolute atomic E-state index is 13.6. The molecule has 8 nitrogen and oxygen atoms in total. The van der Waals surface area contributed by atoms with Gasteiger partial charge in [-0.1, -0.05) is 44.2 Å². The van der Waals surface area contributed by atoms with Crippen molar-refractivity contribution in [2.45, 2.75) is 33.2 Å². The first-order valence-electron chi connectivity index (χ1n) is 15.0. The largest absolute Gasteiger partial charge is 0.507 e. The van der Waals surface area contributed by atoms with Crippen LogP contribution in [0.4, 0.5) is 0 Å². The van der Waals surface area contributed by atoms with Gasteiger partial charge in [0, 0.05) is 31.7 Å². The van der Waals surface area contributed by atoms with E-state index in [1.54, 1.807) is 23.1 Å². The molecular formula is C35H40N2O6. The monoisotopic (exact) mass is 584 g/mol. The average Bonchev–Trinajstić information content (AvgIpc) is 3.26. The molecule has 1 N–H and O–H groups in total. The number of amides is 1. The highest BCUT2D eigenvalue weighted by molar-refractivity contribution is 6.46. The first-order valence-corrected chi connectivity index (χ1v) is 15.0. The second-order valence-electron chi connectivity index (χ2n) is 11.5. The molecule has 0 bridgehead atoms. The van der Waals surface area contributed by atoms with Crippen molar-refractivity contribution in [1.82, 2.24) is 9.80 Å². The number of aliphatic hydroxyl groups excluding tert-OH is 1. The molecule has 2 aliphatic rings. The topological polar surface area (TPSA) is 88.5 Å². The number of morpholine rings is 1. The molecule has 2 fully saturated rings. The van der Waals surface area contributed by atoms with Crippen molar-refractivity contribution < 1.29 is 28.9 Å². The fraction of sp³-hybridized carbons (Fsp3) is 0.371. The van der Waals surface area contributed by atoms with E-state index in [0.717, 1.165) is 30.9 Å². The maximum Gasteiger partial charge on any atom is 0.295 e. The summed E-state index contributed by atoms with van der Waals surface area (Å²) in [7, 11) is 0. The number of hydrogen-bond donors (Lipinski definition) is 1. The van der Waals surface area contributed by atoms with Gasteiger partial charge in [0.25, 0.3) is 11.7 Å². The number of rotatable bonds is 11. The summed E-state index contributed by atoms with van der Waals surface area (Å²) in [5.41, 5.74) is 2.05. The number of aryl methyl sites for hydroxylation is 1. The van der Waals surface area contributed by atoms with Gasteiger partial charge >= 0.3 is 0 Å². The Bertz CT molecular complexity index is 1460. The Labute approximate surface area is 253 Å². The number of carbonyl (C=O) groups is 2. The summed E-state index contributed by atoms with van der Waals surface area (Å²) in [4.78, 5) is 31.0. The average molecular weight is 585 g/mol. The van der Waals surface area contributed by atoms with Crippen LogP contribution in [0.15, 0.2) is 78.4 Å². The summed E-state index contributed by atoms with van der Waals surface area (Å²) >= 11 is 0. The standard InChI is InChI=1S/C35H40N2O6/c1-24(2)23-42-30-14-13-27(21-25(30)3)33(38)31-32(26-9-7-12-29(22-26)43-28-10-5-4-6-11-28)37(35(40)34(31)39)16-8-15-36-17-19-41-20-18-36/h4-7,9-14,21-22,24,32,38H,8,15-20,23H2,1-3H3/b33-31-. The van der Waals surface area contributed by atoms with Crippen LogP contribution in [-0.2, 0) is 14.3 Å². The summed E-state index contributed by atoms with van der Waals surface area (Å²) in [6, 6.07) is 21.4. The minimum Gasteiger partial charge on any atom is -0.507 e. The van der Waals surface area contributed by atoms with E-state index in [1.165, 1.54) is 0 Å². The van der Waals surface area contributed by atoms with E-state index in [9.17, 15) is 14.7 Å². The lowest BCUT2D eigenvalue weighted by atomic mass is 9.94. The fourth-order valence-electron chi connectivity index (χ4n) is 5.49. The molecule has 2 aliphatic heterocycles. The SMILES string of the molecule is Cc1cc(/C(O)=C2/C(=O)C(=O)N(CCCN3CCOCC3)C2c2cccc(Oc3ccccc3)c2)ccc1OCC(C)C. The third-order valence-electron chi connectivity index (χ3n) is 7.69. The van der Waals surface area contributed by atoms with Crippen molar-refractivity contribution in [2.75, 3.05) is 46.0 Å². The molecule has 1 atom stereocenters. The number of benzene rings is 3. The van der Waals surface area contributed by atoms with Crippen molar-refractivity contribution in [2.24, 2.45) is 5.92 Å².